The van der Waals surface area contributed by atoms with E-state index < -0.39 is 0 Å². The minimum Gasteiger partial charge on any atom is -0.323 e. The molecule has 0 aliphatic rings. The van der Waals surface area contributed by atoms with Crippen LogP contribution in [-0.2, 0) is 11.8 Å². The summed E-state index contributed by atoms with van der Waals surface area (Å²) in [6.45, 7) is 5.62. The molecule has 0 saturated carbocycles. The number of carbonyl (C=O) groups excluding carboxylic acids is 1. The first-order valence-electron chi connectivity index (χ1n) is 4.20. The Kier molecular flexibility index (Phi) is 2.40. The SMILES string of the molecule is Cn1cc(NC(=O)C(C)(C)C)cn1. The first-order valence-corrected chi connectivity index (χ1v) is 4.20. The van der Waals surface area contributed by atoms with Gasteiger partial charge in [-0.3, -0.25) is 9.48 Å². The molecule has 0 spiro atoms. The summed E-state index contributed by atoms with van der Waals surface area (Å²) in [6.07, 6.45) is 3.40. The fraction of sp³-hybridized carbons (Fsp3) is 0.556. The van der Waals surface area contributed by atoms with Crippen LogP contribution in [0, 0.1) is 5.41 Å². The molecular formula is C9H15N3O. The molecule has 1 heterocycles. The van der Waals surface area contributed by atoms with E-state index in [4.69, 9.17) is 0 Å². The molecular weight excluding hydrogens is 166 g/mol. The number of nitrogens with zero attached hydrogens (tertiary/aromatic N) is 2. The van der Waals surface area contributed by atoms with Gasteiger partial charge in [0.25, 0.3) is 0 Å². The monoisotopic (exact) mass is 181 g/mol. The van der Waals surface area contributed by atoms with Crippen LogP contribution in [-0.4, -0.2) is 15.7 Å². The number of amides is 1. The number of hydrogen-bond acceptors (Lipinski definition) is 2. The van der Waals surface area contributed by atoms with Gasteiger partial charge in [-0.05, 0) is 0 Å². The molecule has 0 unspecified atom stereocenters. The first kappa shape index (κ1) is 9.77. The van der Waals surface area contributed by atoms with Gasteiger partial charge in [0.1, 0.15) is 0 Å². The van der Waals surface area contributed by atoms with Crippen molar-refractivity contribution >= 4 is 11.6 Å². The third-order valence-electron chi connectivity index (χ3n) is 1.64. The fourth-order valence-electron chi connectivity index (χ4n) is 0.804. The third kappa shape index (κ3) is 2.57. The van der Waals surface area contributed by atoms with E-state index in [0.717, 1.165) is 5.69 Å². The molecule has 4 nitrogen and oxygen atoms in total. The summed E-state index contributed by atoms with van der Waals surface area (Å²) in [5.74, 6) is 0.000463. The van der Waals surface area contributed by atoms with Gasteiger partial charge in [0.2, 0.25) is 5.91 Å². The molecule has 1 aromatic heterocycles. The van der Waals surface area contributed by atoms with Crippen LogP contribution < -0.4 is 5.32 Å². The van der Waals surface area contributed by atoms with Gasteiger partial charge in [0, 0.05) is 18.7 Å². The summed E-state index contributed by atoms with van der Waals surface area (Å²) in [6, 6.07) is 0. The smallest absolute Gasteiger partial charge is 0.229 e. The van der Waals surface area contributed by atoms with Gasteiger partial charge in [0.15, 0.2) is 0 Å². The second kappa shape index (κ2) is 3.20. The number of carbonyl (C=O) groups is 1. The minimum absolute atomic E-state index is 0.000463. The quantitative estimate of drug-likeness (QED) is 0.712. The van der Waals surface area contributed by atoms with Crippen LogP contribution in [0.2, 0.25) is 0 Å². The summed E-state index contributed by atoms with van der Waals surface area (Å²) in [5, 5.41) is 6.73. The van der Waals surface area contributed by atoms with Crippen LogP contribution in [0.25, 0.3) is 0 Å². The lowest BCUT2D eigenvalue weighted by atomic mass is 9.96. The zero-order chi connectivity index (χ0) is 10.1. The van der Waals surface area contributed by atoms with Crippen LogP contribution in [0.15, 0.2) is 12.4 Å². The lowest BCUT2D eigenvalue weighted by molar-refractivity contribution is -0.123. The number of anilines is 1. The van der Waals surface area contributed by atoms with Crippen molar-refractivity contribution in [2.24, 2.45) is 12.5 Å². The molecule has 0 saturated heterocycles. The van der Waals surface area contributed by atoms with E-state index >= 15 is 0 Å². The number of aryl methyl sites for hydroxylation is 1. The predicted molar refractivity (Wildman–Crippen MR) is 51.3 cm³/mol. The average Bonchev–Trinajstić information content (AvgIpc) is 2.33. The van der Waals surface area contributed by atoms with Gasteiger partial charge in [-0.2, -0.15) is 5.10 Å². The van der Waals surface area contributed by atoms with Crippen LogP contribution in [0.4, 0.5) is 5.69 Å². The van der Waals surface area contributed by atoms with Gasteiger partial charge in [-0.1, -0.05) is 20.8 Å². The Balaban J connectivity index is 2.65. The Morgan fingerprint density at radius 2 is 2.15 bits per heavy atom. The first-order chi connectivity index (χ1) is 5.89. The zero-order valence-corrected chi connectivity index (χ0v) is 8.46. The fourth-order valence-corrected chi connectivity index (χ4v) is 0.804. The summed E-state index contributed by atoms with van der Waals surface area (Å²) < 4.78 is 1.65. The Hall–Kier alpha value is -1.32. The molecule has 1 amide bonds. The molecule has 4 heteroatoms. The molecule has 13 heavy (non-hydrogen) atoms. The van der Waals surface area contributed by atoms with Gasteiger partial charge >= 0.3 is 0 Å². The zero-order valence-electron chi connectivity index (χ0n) is 8.46. The highest BCUT2D eigenvalue weighted by Crippen LogP contribution is 2.16. The van der Waals surface area contributed by atoms with Crippen molar-refractivity contribution in [1.82, 2.24) is 9.78 Å². The second-order valence-electron chi connectivity index (χ2n) is 4.11. The van der Waals surface area contributed by atoms with Crippen molar-refractivity contribution in [1.29, 1.82) is 0 Å². The van der Waals surface area contributed by atoms with E-state index in [1.54, 1.807) is 17.1 Å². The van der Waals surface area contributed by atoms with E-state index in [1.807, 2.05) is 27.8 Å². The molecule has 72 valence electrons. The summed E-state index contributed by atoms with van der Waals surface area (Å²) in [7, 11) is 1.81. The van der Waals surface area contributed by atoms with E-state index in [1.165, 1.54) is 0 Å². The topological polar surface area (TPSA) is 46.9 Å². The standard InChI is InChI=1S/C9H15N3O/c1-9(2,3)8(13)11-7-5-10-12(4)6-7/h5-6H,1-4H3,(H,11,13). The van der Waals surface area contributed by atoms with Gasteiger partial charge in [-0.15, -0.1) is 0 Å². The van der Waals surface area contributed by atoms with E-state index in [0.29, 0.717) is 0 Å². The van der Waals surface area contributed by atoms with Crippen molar-refractivity contribution in [3.05, 3.63) is 12.4 Å². The van der Waals surface area contributed by atoms with E-state index in [9.17, 15) is 4.79 Å². The predicted octanol–water partition coefficient (Wildman–Crippen LogP) is 1.40. The summed E-state index contributed by atoms with van der Waals surface area (Å²) in [4.78, 5) is 11.5. The molecule has 1 rings (SSSR count). The number of nitrogens with one attached hydrogen (secondary N) is 1. The second-order valence-corrected chi connectivity index (χ2v) is 4.11. The van der Waals surface area contributed by atoms with Crippen LogP contribution >= 0.6 is 0 Å². The van der Waals surface area contributed by atoms with Crippen molar-refractivity contribution < 1.29 is 4.79 Å². The van der Waals surface area contributed by atoms with Gasteiger partial charge < -0.3 is 5.32 Å². The van der Waals surface area contributed by atoms with Crippen molar-refractivity contribution in [3.8, 4) is 0 Å². The molecule has 0 aromatic carbocycles. The minimum atomic E-state index is -0.365. The maximum Gasteiger partial charge on any atom is 0.229 e. The molecule has 0 fully saturated rings. The molecule has 0 aliphatic heterocycles. The highest BCUT2D eigenvalue weighted by atomic mass is 16.2. The van der Waals surface area contributed by atoms with E-state index in [-0.39, 0.29) is 11.3 Å². The van der Waals surface area contributed by atoms with Crippen molar-refractivity contribution in [3.63, 3.8) is 0 Å². The molecule has 0 radical (unpaired) electrons. The summed E-state index contributed by atoms with van der Waals surface area (Å²) in [5.41, 5.74) is 0.373. The maximum atomic E-state index is 11.5. The lowest BCUT2D eigenvalue weighted by Crippen LogP contribution is -2.27. The maximum absolute atomic E-state index is 11.5. The number of aromatic nitrogens is 2. The van der Waals surface area contributed by atoms with Crippen molar-refractivity contribution in [2.75, 3.05) is 5.32 Å². The molecule has 1 aromatic rings. The Morgan fingerprint density at radius 3 is 2.54 bits per heavy atom. The van der Waals surface area contributed by atoms with Gasteiger partial charge in [0.05, 0.1) is 11.9 Å². The normalized spacial score (nSPS) is 11.4. The van der Waals surface area contributed by atoms with Crippen molar-refractivity contribution in [2.45, 2.75) is 20.8 Å². The molecule has 1 N–H and O–H groups in total. The molecule has 0 atom stereocenters. The molecule has 0 aliphatic carbocycles. The Bertz CT molecular complexity index is 309. The average molecular weight is 181 g/mol. The number of rotatable bonds is 1. The number of hydrogen-bond donors (Lipinski definition) is 1. The highest BCUT2D eigenvalue weighted by molar-refractivity contribution is 5.94. The Labute approximate surface area is 77.9 Å². The van der Waals surface area contributed by atoms with E-state index in [2.05, 4.69) is 10.4 Å². The van der Waals surface area contributed by atoms with Crippen LogP contribution in [0.5, 0.6) is 0 Å². The largest absolute Gasteiger partial charge is 0.323 e. The highest BCUT2D eigenvalue weighted by Gasteiger charge is 2.21. The van der Waals surface area contributed by atoms with Gasteiger partial charge in [-0.25, -0.2) is 0 Å². The van der Waals surface area contributed by atoms with Crippen LogP contribution in [0.1, 0.15) is 20.8 Å². The third-order valence-corrected chi connectivity index (χ3v) is 1.64. The lowest BCUT2D eigenvalue weighted by Gasteiger charge is -2.16. The summed E-state index contributed by atoms with van der Waals surface area (Å²) >= 11 is 0. The molecule has 0 bridgehead atoms. The van der Waals surface area contributed by atoms with Crippen LogP contribution in [0.3, 0.4) is 0 Å². The Morgan fingerprint density at radius 1 is 1.54 bits per heavy atom.